The highest BCUT2D eigenvalue weighted by atomic mass is 16.6. The van der Waals surface area contributed by atoms with Crippen LogP contribution in [0, 0.1) is 21.4 Å². The van der Waals surface area contributed by atoms with Gasteiger partial charge in [0, 0.05) is 12.7 Å². The highest BCUT2D eigenvalue weighted by Crippen LogP contribution is 2.25. The van der Waals surface area contributed by atoms with E-state index in [2.05, 4.69) is 10.3 Å². The average Bonchev–Trinajstić information content (AvgIpc) is 2.48. The molecule has 0 atom stereocenters. The standard InChI is InChI=1S/C14H12N4O3/c15-9-11-6-8-17-14(13(11)18(20)21)16-7-5-10-1-3-12(19)4-2-10/h1-4,6,8,19H,5,7H2,(H,16,17). The summed E-state index contributed by atoms with van der Waals surface area (Å²) in [5.74, 6) is 0.267. The number of nitrogens with one attached hydrogen (secondary N) is 1. The number of benzene rings is 1. The Balaban J connectivity index is 2.08. The number of nitriles is 1. The van der Waals surface area contributed by atoms with Gasteiger partial charge in [-0.15, -0.1) is 0 Å². The van der Waals surface area contributed by atoms with Crippen molar-refractivity contribution >= 4 is 11.5 Å². The fourth-order valence-corrected chi connectivity index (χ4v) is 1.85. The number of aromatic nitrogens is 1. The minimum absolute atomic E-state index is 0.0258. The van der Waals surface area contributed by atoms with Crippen LogP contribution < -0.4 is 5.32 Å². The van der Waals surface area contributed by atoms with Crippen molar-refractivity contribution in [1.82, 2.24) is 4.98 Å². The van der Waals surface area contributed by atoms with Crippen LogP contribution >= 0.6 is 0 Å². The highest BCUT2D eigenvalue weighted by molar-refractivity contribution is 5.64. The van der Waals surface area contributed by atoms with Gasteiger partial charge in [0.25, 0.3) is 0 Å². The molecule has 1 aromatic carbocycles. The summed E-state index contributed by atoms with van der Waals surface area (Å²) in [7, 11) is 0. The molecule has 7 nitrogen and oxygen atoms in total. The molecule has 0 unspecified atom stereocenters. The van der Waals surface area contributed by atoms with Gasteiger partial charge in [0.05, 0.1) is 4.92 Å². The molecule has 0 bridgehead atoms. The monoisotopic (exact) mass is 284 g/mol. The summed E-state index contributed by atoms with van der Waals surface area (Å²) in [6.07, 6.45) is 1.96. The van der Waals surface area contributed by atoms with Crippen LogP contribution in [-0.2, 0) is 6.42 Å². The van der Waals surface area contributed by atoms with E-state index in [1.807, 2.05) is 0 Å². The van der Waals surface area contributed by atoms with Gasteiger partial charge in [-0.05, 0) is 30.2 Å². The molecule has 7 heteroatoms. The lowest BCUT2D eigenvalue weighted by Gasteiger charge is -2.07. The van der Waals surface area contributed by atoms with E-state index in [9.17, 15) is 15.2 Å². The molecule has 106 valence electrons. The predicted octanol–water partition coefficient (Wildman–Crippen LogP) is 2.22. The third-order valence-electron chi connectivity index (χ3n) is 2.87. The second kappa shape index (κ2) is 6.34. The smallest absolute Gasteiger partial charge is 0.328 e. The molecule has 1 aromatic heterocycles. The lowest BCUT2D eigenvalue weighted by Crippen LogP contribution is -2.09. The molecular formula is C14H12N4O3. The molecule has 2 rings (SSSR count). The number of phenols is 1. The summed E-state index contributed by atoms with van der Waals surface area (Å²) < 4.78 is 0. The molecule has 0 aliphatic heterocycles. The number of rotatable bonds is 5. The summed E-state index contributed by atoms with van der Waals surface area (Å²) in [5.41, 5.74) is 0.632. The first-order valence-corrected chi connectivity index (χ1v) is 6.17. The molecule has 0 aliphatic carbocycles. The molecule has 2 N–H and O–H groups in total. The van der Waals surface area contributed by atoms with E-state index in [1.54, 1.807) is 30.3 Å². The summed E-state index contributed by atoms with van der Waals surface area (Å²) in [6.45, 7) is 0.424. The van der Waals surface area contributed by atoms with Crippen molar-refractivity contribution in [3.05, 3.63) is 57.8 Å². The maximum Gasteiger partial charge on any atom is 0.328 e. The maximum atomic E-state index is 11.0. The minimum Gasteiger partial charge on any atom is -0.508 e. The van der Waals surface area contributed by atoms with Gasteiger partial charge in [0.2, 0.25) is 5.82 Å². The van der Waals surface area contributed by atoms with Crippen molar-refractivity contribution in [2.75, 3.05) is 11.9 Å². The second-order valence-corrected chi connectivity index (χ2v) is 4.27. The second-order valence-electron chi connectivity index (χ2n) is 4.27. The Bertz CT molecular complexity index is 692. The quantitative estimate of drug-likeness (QED) is 0.643. The van der Waals surface area contributed by atoms with Crippen molar-refractivity contribution in [2.45, 2.75) is 6.42 Å². The van der Waals surface area contributed by atoms with Crippen LogP contribution in [0.5, 0.6) is 5.75 Å². The van der Waals surface area contributed by atoms with Crippen LogP contribution in [0.15, 0.2) is 36.5 Å². The van der Waals surface area contributed by atoms with E-state index >= 15 is 0 Å². The van der Waals surface area contributed by atoms with E-state index in [1.165, 1.54) is 12.3 Å². The summed E-state index contributed by atoms with van der Waals surface area (Å²) in [6, 6.07) is 9.78. The largest absolute Gasteiger partial charge is 0.508 e. The zero-order valence-electron chi connectivity index (χ0n) is 11.0. The molecule has 0 saturated heterocycles. The van der Waals surface area contributed by atoms with Crippen molar-refractivity contribution < 1.29 is 10.0 Å². The van der Waals surface area contributed by atoms with Gasteiger partial charge in [-0.1, -0.05) is 12.1 Å². The average molecular weight is 284 g/mol. The van der Waals surface area contributed by atoms with Gasteiger partial charge in [0.1, 0.15) is 17.4 Å². The lowest BCUT2D eigenvalue weighted by atomic mass is 10.1. The fraction of sp³-hybridized carbons (Fsp3) is 0.143. The van der Waals surface area contributed by atoms with Crippen molar-refractivity contribution in [2.24, 2.45) is 0 Å². The zero-order valence-corrected chi connectivity index (χ0v) is 11.0. The summed E-state index contributed by atoms with van der Waals surface area (Å²) >= 11 is 0. The number of nitrogens with zero attached hydrogens (tertiary/aromatic N) is 3. The first kappa shape index (κ1) is 14.3. The Morgan fingerprint density at radius 2 is 2.05 bits per heavy atom. The van der Waals surface area contributed by atoms with Crippen molar-refractivity contribution in [3.8, 4) is 11.8 Å². The summed E-state index contributed by atoms with van der Waals surface area (Å²) in [4.78, 5) is 14.3. The molecule has 1 heterocycles. The van der Waals surface area contributed by atoms with Gasteiger partial charge >= 0.3 is 5.69 Å². The van der Waals surface area contributed by atoms with Crippen LogP contribution in [-0.4, -0.2) is 21.6 Å². The lowest BCUT2D eigenvalue weighted by molar-refractivity contribution is -0.384. The van der Waals surface area contributed by atoms with Gasteiger partial charge in [-0.2, -0.15) is 5.26 Å². The number of anilines is 1. The third kappa shape index (κ3) is 3.45. The predicted molar refractivity (Wildman–Crippen MR) is 75.9 cm³/mol. The van der Waals surface area contributed by atoms with Crippen LogP contribution in [0.1, 0.15) is 11.1 Å². The number of hydrogen-bond acceptors (Lipinski definition) is 6. The van der Waals surface area contributed by atoms with Gasteiger partial charge < -0.3 is 10.4 Å². The van der Waals surface area contributed by atoms with E-state index in [-0.39, 0.29) is 22.8 Å². The van der Waals surface area contributed by atoms with Crippen molar-refractivity contribution in [1.29, 1.82) is 5.26 Å². The van der Waals surface area contributed by atoms with Gasteiger partial charge in [-0.25, -0.2) is 4.98 Å². The van der Waals surface area contributed by atoms with E-state index < -0.39 is 4.92 Å². The number of nitro groups is 1. The topological polar surface area (TPSA) is 112 Å². The van der Waals surface area contributed by atoms with Crippen molar-refractivity contribution in [3.63, 3.8) is 0 Å². The Morgan fingerprint density at radius 1 is 1.33 bits per heavy atom. The molecule has 0 saturated carbocycles. The number of aromatic hydroxyl groups is 1. The molecule has 0 aliphatic rings. The van der Waals surface area contributed by atoms with E-state index in [4.69, 9.17) is 5.26 Å². The third-order valence-corrected chi connectivity index (χ3v) is 2.87. The first-order chi connectivity index (χ1) is 10.1. The van der Waals surface area contributed by atoms with Crippen LogP contribution in [0.25, 0.3) is 0 Å². The SMILES string of the molecule is N#Cc1ccnc(NCCc2ccc(O)cc2)c1[N+](=O)[O-]. The fourth-order valence-electron chi connectivity index (χ4n) is 1.85. The minimum atomic E-state index is -0.617. The van der Waals surface area contributed by atoms with E-state index in [0.29, 0.717) is 13.0 Å². The molecule has 0 fully saturated rings. The maximum absolute atomic E-state index is 11.0. The zero-order chi connectivity index (χ0) is 15.2. The molecule has 21 heavy (non-hydrogen) atoms. The van der Waals surface area contributed by atoms with Gasteiger partial charge in [-0.3, -0.25) is 10.1 Å². The molecule has 2 aromatic rings. The molecular weight excluding hydrogens is 272 g/mol. The Morgan fingerprint density at radius 3 is 2.67 bits per heavy atom. The highest BCUT2D eigenvalue weighted by Gasteiger charge is 2.20. The molecule has 0 spiro atoms. The number of pyridine rings is 1. The number of phenolic OH excluding ortho intramolecular Hbond substituents is 1. The Kier molecular flexibility index (Phi) is 4.31. The first-order valence-electron chi connectivity index (χ1n) is 6.17. The Labute approximate surface area is 120 Å². The van der Waals surface area contributed by atoms with E-state index in [0.717, 1.165) is 5.56 Å². The summed E-state index contributed by atoms with van der Waals surface area (Å²) in [5, 5.41) is 32.0. The van der Waals surface area contributed by atoms with Crippen LogP contribution in [0.4, 0.5) is 11.5 Å². The van der Waals surface area contributed by atoms with Crippen LogP contribution in [0.3, 0.4) is 0 Å². The number of hydrogen-bond donors (Lipinski definition) is 2. The molecule has 0 radical (unpaired) electrons. The van der Waals surface area contributed by atoms with Crippen LogP contribution in [0.2, 0.25) is 0 Å². The Hall–Kier alpha value is -3.14. The van der Waals surface area contributed by atoms with Gasteiger partial charge in [0.15, 0.2) is 0 Å². The molecule has 0 amide bonds. The normalized spacial score (nSPS) is 9.86.